The highest BCUT2D eigenvalue weighted by Gasteiger charge is 2.00. The van der Waals surface area contributed by atoms with E-state index in [1.54, 1.807) is 0 Å². The van der Waals surface area contributed by atoms with Crippen LogP contribution in [0.3, 0.4) is 0 Å². The summed E-state index contributed by atoms with van der Waals surface area (Å²) in [7, 11) is 0. The van der Waals surface area contributed by atoms with Crippen LogP contribution in [0.25, 0.3) is 10.9 Å². The van der Waals surface area contributed by atoms with Crippen LogP contribution in [0, 0.1) is 13.8 Å². The molecule has 0 radical (unpaired) electrons. The maximum atomic E-state index is 5.58. The van der Waals surface area contributed by atoms with E-state index in [2.05, 4.69) is 37.0 Å². The first-order valence-corrected chi connectivity index (χ1v) is 4.76. The summed E-state index contributed by atoms with van der Waals surface area (Å²) < 4.78 is 0. The van der Waals surface area contributed by atoms with Gasteiger partial charge in [0.25, 0.3) is 0 Å². The molecule has 1 aromatic heterocycles. The van der Waals surface area contributed by atoms with Crippen molar-refractivity contribution in [2.75, 3.05) is 0 Å². The highest BCUT2D eigenvalue weighted by molar-refractivity contribution is 5.82. The number of benzene rings is 1. The van der Waals surface area contributed by atoms with Gasteiger partial charge in [-0.2, -0.15) is 0 Å². The quantitative estimate of drug-likeness (QED) is 0.742. The fourth-order valence-electron chi connectivity index (χ4n) is 1.78. The molecule has 2 aromatic rings. The average Bonchev–Trinajstić information content (AvgIpc) is 2.16. The number of aryl methyl sites for hydroxylation is 2. The third-order valence-electron chi connectivity index (χ3n) is 2.41. The monoisotopic (exact) mass is 186 g/mol. The van der Waals surface area contributed by atoms with Crippen molar-refractivity contribution in [1.29, 1.82) is 0 Å². The smallest absolute Gasteiger partial charge is 0.0731 e. The Kier molecular flexibility index (Phi) is 2.22. The summed E-state index contributed by atoms with van der Waals surface area (Å²) in [6.45, 7) is 4.74. The zero-order valence-electron chi connectivity index (χ0n) is 8.54. The second-order valence-electron chi connectivity index (χ2n) is 3.70. The Hall–Kier alpha value is -1.41. The van der Waals surface area contributed by atoms with E-state index in [4.69, 9.17) is 5.73 Å². The van der Waals surface area contributed by atoms with Crippen molar-refractivity contribution < 1.29 is 0 Å². The van der Waals surface area contributed by atoms with Crippen LogP contribution in [0.4, 0.5) is 0 Å². The van der Waals surface area contributed by atoms with Crippen molar-refractivity contribution in [3.05, 3.63) is 41.1 Å². The zero-order valence-corrected chi connectivity index (χ0v) is 8.54. The largest absolute Gasteiger partial charge is 0.326 e. The van der Waals surface area contributed by atoms with Crippen molar-refractivity contribution >= 4 is 10.9 Å². The lowest BCUT2D eigenvalue weighted by Crippen LogP contribution is -1.97. The molecule has 0 aliphatic heterocycles. The summed E-state index contributed by atoms with van der Waals surface area (Å²) in [5, 5.41) is 1.19. The Bertz CT molecular complexity index is 475. The van der Waals surface area contributed by atoms with Gasteiger partial charge in [0.05, 0.1) is 5.52 Å². The van der Waals surface area contributed by atoms with Crippen LogP contribution < -0.4 is 5.73 Å². The van der Waals surface area contributed by atoms with E-state index in [1.807, 2.05) is 6.20 Å². The molecule has 2 nitrogen and oxygen atoms in total. The third-order valence-corrected chi connectivity index (χ3v) is 2.41. The molecule has 0 spiro atoms. The molecule has 0 saturated heterocycles. The predicted octanol–water partition coefficient (Wildman–Crippen LogP) is 2.31. The lowest BCUT2D eigenvalue weighted by Gasteiger charge is -2.04. The van der Waals surface area contributed by atoms with Crippen molar-refractivity contribution in [2.45, 2.75) is 20.4 Å². The summed E-state index contributed by atoms with van der Waals surface area (Å²) in [6.07, 6.45) is 1.85. The molecule has 0 aliphatic rings. The Labute approximate surface area is 83.8 Å². The molecule has 1 heterocycles. The standard InChI is InChI=1S/C12H14N2/c1-8-3-9(2)12-11(4-8)5-10(6-13)7-14-12/h3-5,7H,6,13H2,1-2H3. The van der Waals surface area contributed by atoms with Crippen LogP contribution in [-0.2, 0) is 6.54 Å². The lowest BCUT2D eigenvalue weighted by atomic mass is 10.1. The number of nitrogens with two attached hydrogens (primary N) is 1. The van der Waals surface area contributed by atoms with Crippen molar-refractivity contribution in [2.24, 2.45) is 5.73 Å². The van der Waals surface area contributed by atoms with Crippen LogP contribution in [0.1, 0.15) is 16.7 Å². The molecule has 2 N–H and O–H groups in total. The second-order valence-corrected chi connectivity index (χ2v) is 3.70. The van der Waals surface area contributed by atoms with Gasteiger partial charge >= 0.3 is 0 Å². The molecule has 1 aromatic carbocycles. The van der Waals surface area contributed by atoms with Gasteiger partial charge in [0.2, 0.25) is 0 Å². The summed E-state index contributed by atoms with van der Waals surface area (Å²) in [5.74, 6) is 0. The van der Waals surface area contributed by atoms with E-state index >= 15 is 0 Å². The molecule has 0 atom stereocenters. The number of rotatable bonds is 1. The summed E-state index contributed by atoms with van der Waals surface area (Å²) >= 11 is 0. The minimum absolute atomic E-state index is 0.552. The second kappa shape index (κ2) is 3.39. The van der Waals surface area contributed by atoms with Crippen molar-refractivity contribution in [3.63, 3.8) is 0 Å². The molecule has 2 rings (SSSR count). The summed E-state index contributed by atoms with van der Waals surface area (Å²) in [4.78, 5) is 4.41. The Morgan fingerprint density at radius 3 is 2.71 bits per heavy atom. The zero-order chi connectivity index (χ0) is 10.1. The number of fused-ring (bicyclic) bond motifs is 1. The molecule has 14 heavy (non-hydrogen) atoms. The number of hydrogen-bond donors (Lipinski definition) is 1. The van der Waals surface area contributed by atoms with Crippen LogP contribution in [0.5, 0.6) is 0 Å². The topological polar surface area (TPSA) is 38.9 Å². The van der Waals surface area contributed by atoms with E-state index in [1.165, 1.54) is 16.5 Å². The van der Waals surface area contributed by atoms with Crippen LogP contribution in [-0.4, -0.2) is 4.98 Å². The lowest BCUT2D eigenvalue weighted by molar-refractivity contribution is 1.06. The summed E-state index contributed by atoms with van der Waals surface area (Å²) in [6, 6.07) is 6.41. The SMILES string of the molecule is Cc1cc(C)c2ncc(CN)cc2c1. The summed E-state index contributed by atoms with van der Waals surface area (Å²) in [5.41, 5.74) is 10.2. The van der Waals surface area contributed by atoms with Gasteiger partial charge in [0.15, 0.2) is 0 Å². The molecule has 0 aliphatic carbocycles. The highest BCUT2D eigenvalue weighted by atomic mass is 14.7. The number of aromatic nitrogens is 1. The minimum atomic E-state index is 0.552. The van der Waals surface area contributed by atoms with E-state index < -0.39 is 0 Å². The van der Waals surface area contributed by atoms with Gasteiger partial charge in [0.1, 0.15) is 0 Å². The molecular formula is C12H14N2. The Balaban J connectivity index is 2.75. The van der Waals surface area contributed by atoms with Crippen molar-refractivity contribution in [3.8, 4) is 0 Å². The van der Waals surface area contributed by atoms with Crippen LogP contribution in [0.2, 0.25) is 0 Å². The van der Waals surface area contributed by atoms with Gasteiger partial charge < -0.3 is 5.73 Å². The number of hydrogen-bond acceptors (Lipinski definition) is 2. The van der Waals surface area contributed by atoms with Gasteiger partial charge in [-0.1, -0.05) is 11.6 Å². The molecule has 0 bridgehead atoms. The maximum Gasteiger partial charge on any atom is 0.0731 e. The maximum absolute atomic E-state index is 5.58. The van der Waals surface area contributed by atoms with E-state index in [9.17, 15) is 0 Å². The van der Waals surface area contributed by atoms with Gasteiger partial charge in [-0.3, -0.25) is 4.98 Å². The Morgan fingerprint density at radius 1 is 1.21 bits per heavy atom. The molecule has 0 fully saturated rings. The molecule has 0 amide bonds. The number of nitrogens with zero attached hydrogens (tertiary/aromatic N) is 1. The van der Waals surface area contributed by atoms with Gasteiger partial charge in [0, 0.05) is 18.1 Å². The molecule has 2 heteroatoms. The molecule has 72 valence electrons. The normalized spacial score (nSPS) is 10.8. The first-order chi connectivity index (χ1) is 6.70. The molecule has 0 unspecified atom stereocenters. The minimum Gasteiger partial charge on any atom is -0.326 e. The van der Waals surface area contributed by atoms with Gasteiger partial charge in [-0.25, -0.2) is 0 Å². The van der Waals surface area contributed by atoms with E-state index in [0.29, 0.717) is 6.54 Å². The average molecular weight is 186 g/mol. The first kappa shape index (κ1) is 9.16. The van der Waals surface area contributed by atoms with Gasteiger partial charge in [-0.05, 0) is 37.1 Å². The van der Waals surface area contributed by atoms with Crippen LogP contribution >= 0.6 is 0 Å². The predicted molar refractivity (Wildman–Crippen MR) is 59.1 cm³/mol. The first-order valence-electron chi connectivity index (χ1n) is 4.76. The van der Waals surface area contributed by atoms with E-state index in [0.717, 1.165) is 11.1 Å². The third kappa shape index (κ3) is 1.49. The van der Waals surface area contributed by atoms with Crippen LogP contribution in [0.15, 0.2) is 24.4 Å². The highest BCUT2D eigenvalue weighted by Crippen LogP contribution is 2.19. The fourth-order valence-corrected chi connectivity index (χ4v) is 1.78. The fraction of sp³-hybridized carbons (Fsp3) is 0.250. The Morgan fingerprint density at radius 2 is 2.00 bits per heavy atom. The van der Waals surface area contributed by atoms with Crippen molar-refractivity contribution in [1.82, 2.24) is 4.98 Å². The molecular weight excluding hydrogens is 172 g/mol. The molecule has 0 saturated carbocycles. The van der Waals surface area contributed by atoms with Gasteiger partial charge in [-0.15, -0.1) is 0 Å². The number of pyridine rings is 1. The van der Waals surface area contributed by atoms with E-state index in [-0.39, 0.29) is 0 Å².